The molecule has 92 valence electrons. The standard InChI is InChI=1S/C7H7O2.C6H7O.Fe/c1-9-7(8)6-4-2-3-5-6;7-5-6-3-1-2-4-6;/h2-5H,1H3;1-4,7H,5H2;. The zero-order valence-corrected chi connectivity index (χ0v) is 10.5. The molecule has 0 aromatic rings. The van der Waals surface area contributed by atoms with Gasteiger partial charge in [-0.3, -0.25) is 0 Å². The number of rotatable bonds is 2. The summed E-state index contributed by atoms with van der Waals surface area (Å²) in [6.07, 6.45) is 0. The summed E-state index contributed by atoms with van der Waals surface area (Å²) in [5, 5.41) is 10.1. The second-order valence-electron chi connectivity index (χ2n) is 10.6. The van der Waals surface area contributed by atoms with E-state index < -0.39 is 6.51 Å². The van der Waals surface area contributed by atoms with E-state index in [1.54, 1.807) is 7.11 Å². The first-order valence-electron chi connectivity index (χ1n) is 6.88. The van der Waals surface area contributed by atoms with Crippen molar-refractivity contribution in [2.45, 2.75) is 47.2 Å². The first kappa shape index (κ1) is 6.40. The van der Waals surface area contributed by atoms with Crippen LogP contribution in [0.1, 0.15) is 0 Å². The van der Waals surface area contributed by atoms with Gasteiger partial charge in [0, 0.05) is 0 Å². The molecule has 0 bridgehead atoms. The molecule has 0 amide bonds. The summed E-state index contributed by atoms with van der Waals surface area (Å²) in [5.74, 6) is 0.205. The Bertz CT molecular complexity index is 1030. The molecule has 8 unspecified atom stereocenters. The maximum atomic E-state index is 12.6. The number of carbonyl (C=O) groups excluding carboxylic acids is 1. The third kappa shape index (κ3) is 0.0553. The van der Waals surface area contributed by atoms with Gasteiger partial charge in [0.25, 0.3) is 0 Å². The van der Waals surface area contributed by atoms with Crippen LogP contribution >= 0.6 is 0 Å². The summed E-state index contributed by atoms with van der Waals surface area (Å²) in [6, 6.07) is 0. The molecule has 1 spiro atoms. The van der Waals surface area contributed by atoms with Crippen molar-refractivity contribution in [3.05, 3.63) is 0 Å². The van der Waals surface area contributed by atoms with Crippen molar-refractivity contribution in [2.75, 3.05) is 13.7 Å². The fourth-order valence-electron chi connectivity index (χ4n) is 18.1. The van der Waals surface area contributed by atoms with Gasteiger partial charge in [-0.1, -0.05) is 0 Å². The van der Waals surface area contributed by atoms with Crippen molar-refractivity contribution in [1.82, 2.24) is 0 Å². The van der Waals surface area contributed by atoms with Gasteiger partial charge in [-0.25, -0.2) is 0 Å². The molecule has 10 heterocycles. The fraction of sp³-hybridized carbons (Fsp3) is 0.923. The van der Waals surface area contributed by atoms with Crippen molar-refractivity contribution in [2.24, 2.45) is 0 Å². The van der Waals surface area contributed by atoms with Crippen LogP contribution in [0.4, 0.5) is 0 Å². The van der Waals surface area contributed by atoms with E-state index in [1.165, 1.54) is 0 Å². The number of hydrogen-bond acceptors (Lipinski definition) is 3. The molecule has 17 heavy (non-hydrogen) atoms. The molecule has 10 saturated heterocycles. The van der Waals surface area contributed by atoms with Crippen molar-refractivity contribution in [3.63, 3.8) is 0 Å². The van der Waals surface area contributed by atoms with Gasteiger partial charge >= 0.3 is 88.0 Å². The molecule has 0 radical (unpaired) electrons. The Morgan fingerprint density at radius 3 is 2.00 bits per heavy atom. The molecule has 0 aromatic carbocycles. The van der Waals surface area contributed by atoms with E-state index >= 15 is 0 Å². The van der Waals surface area contributed by atoms with Gasteiger partial charge < -0.3 is 0 Å². The van der Waals surface area contributed by atoms with Crippen LogP contribution in [-0.4, -0.2) is 24.8 Å². The van der Waals surface area contributed by atoms with E-state index in [-0.39, 0.29) is 10.3 Å². The van der Waals surface area contributed by atoms with Crippen LogP contribution in [0.25, 0.3) is 0 Å². The van der Waals surface area contributed by atoms with Gasteiger partial charge in [0.15, 0.2) is 0 Å². The molecule has 0 aromatic heterocycles. The summed E-state index contributed by atoms with van der Waals surface area (Å²) in [7, 11) is 1.60. The summed E-state index contributed by atoms with van der Waals surface area (Å²) in [6.45, 7) is -3.11. The van der Waals surface area contributed by atoms with Crippen LogP contribution in [0.2, 0.25) is 47.2 Å². The van der Waals surface area contributed by atoms with Gasteiger partial charge in [-0.15, -0.1) is 0 Å². The second-order valence-corrected chi connectivity index (χ2v) is 33.9. The summed E-state index contributed by atoms with van der Waals surface area (Å²) in [4.78, 5) is 20.5. The van der Waals surface area contributed by atoms with Crippen molar-refractivity contribution < 1.29 is 21.1 Å². The van der Waals surface area contributed by atoms with Gasteiger partial charge in [-0.05, 0) is 0 Å². The van der Waals surface area contributed by atoms with E-state index in [9.17, 15) is 9.90 Å². The molecule has 10 fully saturated rings. The Balaban J connectivity index is 1.70. The van der Waals surface area contributed by atoms with E-state index in [0.717, 1.165) is 38.5 Å². The third-order valence-electron chi connectivity index (χ3n) is 15.9. The van der Waals surface area contributed by atoms with Crippen LogP contribution in [0.15, 0.2) is 0 Å². The average Bonchev–Trinajstić information content (AvgIpc) is 3.29. The first-order valence-corrected chi connectivity index (χ1v) is 13.1. The van der Waals surface area contributed by atoms with Crippen LogP contribution in [0.3, 0.4) is 0 Å². The molecule has 10 aliphatic rings. The Morgan fingerprint density at radius 1 is 1.18 bits per heavy atom. The quantitative estimate of drug-likeness (QED) is 0.620. The summed E-state index contributed by atoms with van der Waals surface area (Å²) < 4.78 is 5.86. The van der Waals surface area contributed by atoms with Crippen LogP contribution in [0.5, 0.6) is 0 Å². The number of fused-ring (bicyclic) bond motifs is 10. The molecule has 0 saturated carbocycles. The third-order valence-corrected chi connectivity index (χ3v) is 59.1. The van der Waals surface area contributed by atoms with Crippen LogP contribution < -0.4 is 0 Å². The SMILES string of the molecule is COC(=O)[C]12[CH]3[CH]4[CH]5[CH]1[Fe]45321678[CH]2[CH]1[CH]6[C]7(CO)[CH]28. The van der Waals surface area contributed by atoms with Gasteiger partial charge in [-0.2, -0.15) is 0 Å². The Morgan fingerprint density at radius 2 is 1.71 bits per heavy atom. The van der Waals surface area contributed by atoms with E-state index in [4.69, 9.17) is 4.74 Å². The number of carbonyl (C=O) groups is 1. The van der Waals surface area contributed by atoms with Gasteiger partial charge in [0.1, 0.15) is 0 Å². The number of methoxy groups -OCH3 is 1. The number of esters is 1. The van der Waals surface area contributed by atoms with E-state index in [1.807, 2.05) is 0 Å². The number of ether oxygens (including phenoxy) is 1. The topological polar surface area (TPSA) is 46.5 Å². The normalized spacial score (nSPS) is 123. The summed E-state index contributed by atoms with van der Waals surface area (Å²) in [5.41, 5.74) is 0. The van der Waals surface area contributed by atoms with E-state index in [2.05, 4.69) is 0 Å². The molecule has 1 N–H and O–H groups in total. The maximum absolute atomic E-state index is 12.6. The minimum atomic E-state index is -3.57. The first-order chi connectivity index (χ1) is 7.97. The predicted molar refractivity (Wildman–Crippen MR) is 54.5 cm³/mol. The van der Waals surface area contributed by atoms with Gasteiger partial charge in [0.2, 0.25) is 0 Å². The molecular weight excluding hydrogens is 260 g/mol. The van der Waals surface area contributed by atoms with Crippen molar-refractivity contribution >= 4 is 5.97 Å². The van der Waals surface area contributed by atoms with Crippen molar-refractivity contribution in [1.29, 1.82) is 0 Å². The molecule has 8 atom stereocenters. The molecule has 4 heteroatoms. The zero-order valence-electron chi connectivity index (χ0n) is 9.44. The molecule has 0 aliphatic carbocycles. The molecule has 3 nitrogen and oxygen atoms in total. The monoisotopic (exact) mass is 274 g/mol. The summed E-state index contributed by atoms with van der Waals surface area (Å²) >= 11 is 0. The Labute approximate surface area is 88.2 Å². The number of aliphatic hydroxyl groups excluding tert-OH is 1. The number of aliphatic hydroxyl groups is 1. The fourth-order valence-corrected chi connectivity index (χ4v) is 94.0. The average molecular weight is 274 g/mol. The predicted octanol–water partition coefficient (Wildman–Crippen LogP) is 2.28. The van der Waals surface area contributed by atoms with Crippen LogP contribution in [-0.2, 0) is 16.0 Å². The minimum absolute atomic E-state index is 0.145. The Hall–Kier alpha value is -0.0505. The van der Waals surface area contributed by atoms with Crippen molar-refractivity contribution in [3.8, 4) is 0 Å². The zero-order chi connectivity index (χ0) is 10.9. The van der Waals surface area contributed by atoms with E-state index in [0.29, 0.717) is 10.9 Å². The van der Waals surface area contributed by atoms with Crippen LogP contribution in [0, 0.1) is 0 Å². The number of hydrogen-bond donors (Lipinski definition) is 1. The molecule has 10 rings (SSSR count). The second kappa shape index (κ2) is 0.483. The molecular formula is C13H14FeO3. The Kier molecular flexibility index (Phi) is 0.182. The molecule has 10 aliphatic heterocycles. The van der Waals surface area contributed by atoms with Gasteiger partial charge in [0.05, 0.1) is 0 Å².